The summed E-state index contributed by atoms with van der Waals surface area (Å²) in [5, 5.41) is 15.3. The molecule has 2 fully saturated rings. The minimum absolute atomic E-state index is 0. The SMILES string of the molecule is CCOC(=O)c1c([C]2[CH][CH][CH][CH]2)nn(C)c1-c1ccc([N+](=O)[O-])cc1.[CH]1[CH][CH][CH][CH]1.[Fe+2]. The molecule has 0 aliphatic heterocycles. The zero-order valence-corrected chi connectivity index (χ0v) is 18.1. The Kier molecular flexibility index (Phi) is 9.72. The van der Waals surface area contributed by atoms with Crippen LogP contribution in [0.5, 0.6) is 0 Å². The second-order valence-corrected chi connectivity index (χ2v) is 6.36. The second kappa shape index (κ2) is 12.0. The van der Waals surface area contributed by atoms with E-state index in [2.05, 4.69) is 5.10 Å². The zero-order chi connectivity index (χ0) is 21.5. The van der Waals surface area contributed by atoms with Crippen LogP contribution in [0.15, 0.2) is 24.3 Å². The Hall–Kier alpha value is -2.18. The molecule has 0 bridgehead atoms. The van der Waals surface area contributed by atoms with Gasteiger partial charge in [0.2, 0.25) is 0 Å². The largest absolute Gasteiger partial charge is 2.00 e. The van der Waals surface area contributed by atoms with E-state index in [1.165, 1.54) is 12.1 Å². The van der Waals surface area contributed by atoms with Gasteiger partial charge in [0.05, 0.1) is 22.9 Å². The molecule has 10 radical (unpaired) electrons. The Balaban J connectivity index is 0.000000501. The first-order valence-electron chi connectivity index (χ1n) is 9.40. The van der Waals surface area contributed by atoms with Gasteiger partial charge in [-0.3, -0.25) is 14.8 Å². The van der Waals surface area contributed by atoms with Gasteiger partial charge >= 0.3 is 23.0 Å². The summed E-state index contributed by atoms with van der Waals surface area (Å²) in [6.45, 7) is 1.98. The zero-order valence-electron chi connectivity index (χ0n) is 17.0. The monoisotopic (exact) mass is 459 g/mol. The smallest absolute Gasteiger partial charge is 0.462 e. The molecule has 2 aliphatic rings. The van der Waals surface area contributed by atoms with Crippen LogP contribution in [0.2, 0.25) is 0 Å². The van der Waals surface area contributed by atoms with Crippen molar-refractivity contribution in [3.8, 4) is 11.3 Å². The maximum atomic E-state index is 12.6. The summed E-state index contributed by atoms with van der Waals surface area (Å²) >= 11 is 0. The number of hydrogen-bond acceptors (Lipinski definition) is 5. The number of nitrogens with zero attached hydrogens (tertiary/aromatic N) is 3. The first kappa shape index (κ1) is 25.1. The van der Waals surface area contributed by atoms with Crippen LogP contribution >= 0.6 is 0 Å². The van der Waals surface area contributed by atoms with Gasteiger partial charge in [-0.2, -0.15) is 5.10 Å². The number of nitro groups is 1. The Morgan fingerprint density at radius 2 is 1.58 bits per heavy atom. The number of aromatic nitrogens is 2. The van der Waals surface area contributed by atoms with Crippen LogP contribution in [0.3, 0.4) is 0 Å². The van der Waals surface area contributed by atoms with Gasteiger partial charge in [-0.15, -0.1) is 0 Å². The Morgan fingerprint density at radius 1 is 1.03 bits per heavy atom. The van der Waals surface area contributed by atoms with Crippen LogP contribution in [0.1, 0.15) is 23.0 Å². The molecular weight excluding hydrogens is 438 g/mol. The molecular formula is C23H21FeN3O4+2. The molecule has 8 heteroatoms. The molecule has 1 aromatic heterocycles. The molecule has 0 spiro atoms. The third-order valence-corrected chi connectivity index (χ3v) is 4.37. The maximum absolute atomic E-state index is 12.6. The Morgan fingerprint density at radius 3 is 2.06 bits per heavy atom. The predicted octanol–water partition coefficient (Wildman–Crippen LogP) is 3.94. The fourth-order valence-electron chi connectivity index (χ4n) is 3.05. The standard InChI is InChI=1S/C18H16N3O4.C5H5.Fe/c1-3-25-18(22)15-16(12-6-4-5-7-12)19-20(2)17(15)13-8-10-14(11-9-13)21(23)24;1-2-4-5-3-1;/h4-11H,3H2,1-2H3;1-5H;/q;;+2. The van der Waals surface area contributed by atoms with Crippen molar-refractivity contribution in [1.82, 2.24) is 9.78 Å². The van der Waals surface area contributed by atoms with Crippen LogP contribution in [0, 0.1) is 73.8 Å². The number of benzene rings is 1. The van der Waals surface area contributed by atoms with Crippen molar-refractivity contribution in [3.63, 3.8) is 0 Å². The van der Waals surface area contributed by atoms with E-state index >= 15 is 0 Å². The van der Waals surface area contributed by atoms with E-state index in [9.17, 15) is 14.9 Å². The normalized spacial score (nSPS) is 15.7. The molecule has 1 heterocycles. The van der Waals surface area contributed by atoms with Gasteiger partial charge in [0.1, 0.15) is 5.56 Å². The summed E-state index contributed by atoms with van der Waals surface area (Å²) in [6.07, 6.45) is 17.5. The number of esters is 1. The number of nitro benzene ring substituents is 1. The van der Waals surface area contributed by atoms with Crippen LogP contribution in [0.4, 0.5) is 5.69 Å². The molecule has 7 nitrogen and oxygen atoms in total. The van der Waals surface area contributed by atoms with Gasteiger partial charge in [0.25, 0.3) is 5.69 Å². The van der Waals surface area contributed by atoms with E-state index < -0.39 is 10.9 Å². The quantitative estimate of drug-likeness (QED) is 0.293. The first-order valence-corrected chi connectivity index (χ1v) is 9.40. The summed E-state index contributed by atoms with van der Waals surface area (Å²) in [5.41, 5.74) is 2.08. The van der Waals surface area contributed by atoms with Crippen molar-refractivity contribution in [3.05, 3.63) is 109 Å². The van der Waals surface area contributed by atoms with Gasteiger partial charge in [-0.05, 0) is 76.8 Å². The van der Waals surface area contributed by atoms with E-state index in [0.717, 1.165) is 5.92 Å². The molecule has 2 aliphatic carbocycles. The fraction of sp³-hybridized carbons (Fsp3) is 0.130. The molecule has 0 N–H and O–H groups in total. The number of carbonyl (C=O) groups excluding carboxylic acids is 1. The molecule has 2 saturated carbocycles. The molecule has 0 atom stereocenters. The molecule has 0 saturated heterocycles. The van der Waals surface area contributed by atoms with E-state index in [0.29, 0.717) is 22.5 Å². The van der Waals surface area contributed by atoms with E-state index in [1.807, 2.05) is 57.8 Å². The van der Waals surface area contributed by atoms with Crippen molar-refractivity contribution >= 4 is 11.7 Å². The third kappa shape index (κ3) is 6.17. The van der Waals surface area contributed by atoms with Gasteiger partial charge in [0.15, 0.2) is 0 Å². The second-order valence-electron chi connectivity index (χ2n) is 6.36. The van der Waals surface area contributed by atoms with Crippen molar-refractivity contribution in [1.29, 1.82) is 0 Å². The molecule has 31 heavy (non-hydrogen) atoms. The maximum Gasteiger partial charge on any atom is 2.00 e. The number of ether oxygens (including phenoxy) is 1. The number of hydrogen-bond donors (Lipinski definition) is 0. The van der Waals surface area contributed by atoms with Gasteiger partial charge < -0.3 is 4.74 Å². The average Bonchev–Trinajstić information content (AvgIpc) is 3.50. The van der Waals surface area contributed by atoms with Crippen molar-refractivity contribution < 1.29 is 31.5 Å². The molecule has 4 rings (SSSR count). The summed E-state index contributed by atoms with van der Waals surface area (Å²) in [7, 11) is 1.73. The number of aryl methyl sites for hydroxylation is 1. The topological polar surface area (TPSA) is 87.3 Å². The summed E-state index contributed by atoms with van der Waals surface area (Å²) in [4.78, 5) is 22.9. The van der Waals surface area contributed by atoms with Crippen molar-refractivity contribution in [2.45, 2.75) is 6.92 Å². The van der Waals surface area contributed by atoms with Gasteiger partial charge in [-0.1, -0.05) is 0 Å². The van der Waals surface area contributed by atoms with Crippen LogP contribution < -0.4 is 0 Å². The van der Waals surface area contributed by atoms with E-state index in [1.54, 1.807) is 30.8 Å². The Labute approximate surface area is 194 Å². The minimum atomic E-state index is -0.472. The summed E-state index contributed by atoms with van der Waals surface area (Å²) in [6, 6.07) is 6.01. The molecule has 158 valence electrons. The number of non-ortho nitro benzene ring substituents is 1. The molecule has 0 unspecified atom stereocenters. The third-order valence-electron chi connectivity index (χ3n) is 4.37. The first-order chi connectivity index (χ1) is 14.5. The molecule has 0 amide bonds. The van der Waals surface area contributed by atoms with Crippen LogP contribution in [-0.2, 0) is 28.9 Å². The van der Waals surface area contributed by atoms with Crippen LogP contribution in [0.25, 0.3) is 11.3 Å². The van der Waals surface area contributed by atoms with E-state index in [4.69, 9.17) is 4.74 Å². The number of rotatable bonds is 5. The van der Waals surface area contributed by atoms with E-state index in [-0.39, 0.29) is 29.4 Å². The number of carbonyl (C=O) groups is 1. The Bertz CT molecular complexity index is 862. The van der Waals surface area contributed by atoms with Gasteiger partial charge in [-0.25, -0.2) is 4.79 Å². The van der Waals surface area contributed by atoms with Gasteiger partial charge in [0, 0.05) is 30.7 Å². The summed E-state index contributed by atoms with van der Waals surface area (Å²) in [5.74, 6) is 0.340. The summed E-state index contributed by atoms with van der Waals surface area (Å²) < 4.78 is 6.80. The predicted molar refractivity (Wildman–Crippen MR) is 112 cm³/mol. The minimum Gasteiger partial charge on any atom is -0.462 e. The van der Waals surface area contributed by atoms with Crippen molar-refractivity contribution in [2.75, 3.05) is 6.61 Å². The van der Waals surface area contributed by atoms with Crippen LogP contribution in [-0.4, -0.2) is 27.3 Å². The molecule has 1 aromatic carbocycles. The van der Waals surface area contributed by atoms with Crippen molar-refractivity contribution in [2.24, 2.45) is 7.05 Å². The molecule has 2 aromatic rings. The average molecular weight is 459 g/mol. The fourth-order valence-corrected chi connectivity index (χ4v) is 3.05.